The average Bonchev–Trinajstić information content (AvgIpc) is 3.56. The predicted octanol–water partition coefficient (Wildman–Crippen LogP) is 4.29. The molecule has 9 heteroatoms. The van der Waals surface area contributed by atoms with Gasteiger partial charge in [-0.25, -0.2) is 8.78 Å². The van der Waals surface area contributed by atoms with Crippen LogP contribution in [0.3, 0.4) is 0 Å². The van der Waals surface area contributed by atoms with Crippen LogP contribution in [0.2, 0.25) is 0 Å². The smallest absolute Gasteiger partial charge is 0.191 e. The fraction of sp³-hybridized carbons (Fsp3) is 0.458. The zero-order valence-electron chi connectivity index (χ0n) is 19.1. The van der Waals surface area contributed by atoms with Gasteiger partial charge in [0.15, 0.2) is 5.96 Å². The number of halogens is 3. The monoisotopic (exact) mass is 572 g/mol. The minimum absolute atomic E-state index is 0. The van der Waals surface area contributed by atoms with Gasteiger partial charge in [0.05, 0.1) is 14.2 Å². The molecular formula is C24H31F2IN4O2. The van der Waals surface area contributed by atoms with Gasteiger partial charge in [-0.15, -0.1) is 24.0 Å². The number of hydrogen-bond donors (Lipinski definition) is 2. The van der Waals surface area contributed by atoms with Crippen molar-refractivity contribution in [2.45, 2.75) is 37.3 Å². The lowest BCUT2D eigenvalue weighted by atomic mass is 10.0. The van der Waals surface area contributed by atoms with E-state index in [9.17, 15) is 8.78 Å². The zero-order valence-corrected chi connectivity index (χ0v) is 21.4. The Morgan fingerprint density at radius 2 is 1.61 bits per heavy atom. The molecule has 1 saturated heterocycles. The molecule has 2 N–H and O–H groups in total. The number of anilines is 1. The van der Waals surface area contributed by atoms with Crippen LogP contribution in [0.1, 0.15) is 30.7 Å². The van der Waals surface area contributed by atoms with Crippen LogP contribution < -0.4 is 25.0 Å². The number of nitrogens with one attached hydrogen (secondary N) is 2. The molecule has 2 aromatic carbocycles. The molecule has 0 bridgehead atoms. The topological polar surface area (TPSA) is 58.1 Å². The van der Waals surface area contributed by atoms with Crippen LogP contribution in [0.5, 0.6) is 11.5 Å². The Morgan fingerprint density at radius 3 is 2.15 bits per heavy atom. The summed E-state index contributed by atoms with van der Waals surface area (Å²) < 4.78 is 38.9. The summed E-state index contributed by atoms with van der Waals surface area (Å²) >= 11 is 0. The van der Waals surface area contributed by atoms with Crippen molar-refractivity contribution in [2.24, 2.45) is 4.99 Å². The number of benzene rings is 2. The van der Waals surface area contributed by atoms with E-state index >= 15 is 0 Å². The van der Waals surface area contributed by atoms with Gasteiger partial charge in [0, 0.05) is 67.6 Å². The molecule has 0 amide bonds. The summed E-state index contributed by atoms with van der Waals surface area (Å²) in [6.45, 7) is 1.77. The number of methoxy groups -OCH3 is 2. The van der Waals surface area contributed by atoms with E-state index in [1.807, 2.05) is 18.2 Å². The lowest BCUT2D eigenvalue weighted by molar-refractivity contribution is 0.393. The van der Waals surface area contributed by atoms with E-state index < -0.39 is 11.6 Å². The van der Waals surface area contributed by atoms with Gasteiger partial charge < -0.3 is 25.0 Å². The Labute approximate surface area is 210 Å². The first-order chi connectivity index (χ1) is 15.5. The van der Waals surface area contributed by atoms with Crippen molar-refractivity contribution in [3.8, 4) is 11.5 Å². The summed E-state index contributed by atoms with van der Waals surface area (Å²) in [6.07, 6.45) is 2.57. The molecular weight excluding hydrogens is 541 g/mol. The van der Waals surface area contributed by atoms with Crippen LogP contribution in [-0.4, -0.2) is 52.4 Å². The Kier molecular flexibility index (Phi) is 8.61. The van der Waals surface area contributed by atoms with Gasteiger partial charge in [0.1, 0.15) is 23.1 Å². The van der Waals surface area contributed by atoms with E-state index in [2.05, 4.69) is 20.5 Å². The van der Waals surface area contributed by atoms with Crippen molar-refractivity contribution in [3.05, 3.63) is 53.6 Å². The van der Waals surface area contributed by atoms with Gasteiger partial charge in [-0.05, 0) is 31.4 Å². The molecule has 2 fully saturated rings. The van der Waals surface area contributed by atoms with Crippen LogP contribution in [0.4, 0.5) is 14.5 Å². The number of nitrogens with zero attached hydrogens (tertiary/aromatic N) is 2. The molecule has 33 heavy (non-hydrogen) atoms. The number of aliphatic imine (C=N–C) groups is 1. The molecule has 2 atom stereocenters. The van der Waals surface area contributed by atoms with Crippen LogP contribution in [0.15, 0.2) is 41.4 Å². The Hall–Kier alpha value is -2.30. The summed E-state index contributed by atoms with van der Waals surface area (Å²) in [5, 5.41) is 6.79. The summed E-state index contributed by atoms with van der Waals surface area (Å²) in [4.78, 5) is 6.63. The van der Waals surface area contributed by atoms with Crippen molar-refractivity contribution in [1.29, 1.82) is 0 Å². The highest BCUT2D eigenvalue weighted by atomic mass is 127. The van der Waals surface area contributed by atoms with Gasteiger partial charge in [0.25, 0.3) is 0 Å². The number of guanidine groups is 1. The largest absolute Gasteiger partial charge is 0.497 e. The molecule has 0 radical (unpaired) electrons. The first-order valence-electron chi connectivity index (χ1n) is 10.9. The number of ether oxygens (including phenoxy) is 2. The van der Waals surface area contributed by atoms with E-state index in [1.54, 1.807) is 21.3 Å². The summed E-state index contributed by atoms with van der Waals surface area (Å²) in [5.74, 6) is 1.09. The third kappa shape index (κ3) is 5.99. The lowest BCUT2D eigenvalue weighted by Crippen LogP contribution is -2.49. The maximum atomic E-state index is 14.0. The Morgan fingerprint density at radius 1 is 1.00 bits per heavy atom. The third-order valence-electron chi connectivity index (χ3n) is 6.24. The van der Waals surface area contributed by atoms with Gasteiger partial charge in [-0.3, -0.25) is 4.99 Å². The minimum Gasteiger partial charge on any atom is -0.497 e. The van der Waals surface area contributed by atoms with E-state index in [4.69, 9.17) is 9.47 Å². The Balaban J connectivity index is 0.00000306. The fourth-order valence-corrected chi connectivity index (χ4v) is 4.34. The third-order valence-corrected chi connectivity index (χ3v) is 6.24. The standard InChI is InChI=1S/C24H30F2N4O2.HI/c1-27-24(29-22-14-19(22)23-20(25)5-4-6-21(23)26)28-15-7-9-30(10-8-15)16-11-17(31-2)13-18(12-16)32-3;/h4-6,11-13,15,19,22H,7-10,14H2,1-3H3,(H2,27,28,29);1H. The number of hydrogen-bond acceptors (Lipinski definition) is 4. The quantitative estimate of drug-likeness (QED) is 0.308. The van der Waals surface area contributed by atoms with Gasteiger partial charge >= 0.3 is 0 Å². The molecule has 2 aromatic rings. The molecule has 0 aromatic heterocycles. The molecule has 0 spiro atoms. The highest BCUT2D eigenvalue weighted by Crippen LogP contribution is 2.43. The second kappa shape index (κ2) is 11.2. The average molecular weight is 572 g/mol. The van der Waals surface area contributed by atoms with E-state index in [0.717, 1.165) is 43.1 Å². The number of rotatable bonds is 6. The van der Waals surface area contributed by atoms with Crippen molar-refractivity contribution in [2.75, 3.05) is 39.3 Å². The maximum Gasteiger partial charge on any atom is 0.191 e. The first kappa shape index (κ1) is 25.3. The maximum absolute atomic E-state index is 14.0. The van der Waals surface area contributed by atoms with Crippen LogP contribution in [0.25, 0.3) is 0 Å². The van der Waals surface area contributed by atoms with Crippen molar-refractivity contribution < 1.29 is 18.3 Å². The second-order valence-electron chi connectivity index (χ2n) is 8.28. The lowest BCUT2D eigenvalue weighted by Gasteiger charge is -2.34. The van der Waals surface area contributed by atoms with Crippen molar-refractivity contribution in [1.82, 2.24) is 10.6 Å². The van der Waals surface area contributed by atoms with Gasteiger partial charge in [-0.1, -0.05) is 6.07 Å². The molecule has 6 nitrogen and oxygen atoms in total. The predicted molar refractivity (Wildman–Crippen MR) is 137 cm³/mol. The van der Waals surface area contributed by atoms with Gasteiger partial charge in [0.2, 0.25) is 0 Å². The van der Waals surface area contributed by atoms with E-state index in [0.29, 0.717) is 12.4 Å². The molecule has 1 heterocycles. The Bertz CT molecular complexity index is 940. The van der Waals surface area contributed by atoms with Crippen molar-refractivity contribution in [3.63, 3.8) is 0 Å². The van der Waals surface area contributed by atoms with E-state index in [-0.39, 0.29) is 47.5 Å². The zero-order chi connectivity index (χ0) is 22.7. The summed E-state index contributed by atoms with van der Waals surface area (Å²) in [6, 6.07) is 10.2. The van der Waals surface area contributed by atoms with Gasteiger partial charge in [-0.2, -0.15) is 0 Å². The minimum atomic E-state index is -0.483. The molecule has 1 saturated carbocycles. The SMILES string of the molecule is CN=C(NC1CCN(c2cc(OC)cc(OC)c2)CC1)NC1CC1c1c(F)cccc1F.I. The molecule has 4 rings (SSSR count). The number of piperidine rings is 1. The first-order valence-corrected chi connectivity index (χ1v) is 10.9. The highest BCUT2D eigenvalue weighted by molar-refractivity contribution is 14.0. The summed E-state index contributed by atoms with van der Waals surface area (Å²) in [5.41, 5.74) is 1.25. The van der Waals surface area contributed by atoms with Crippen LogP contribution >= 0.6 is 24.0 Å². The van der Waals surface area contributed by atoms with E-state index in [1.165, 1.54) is 18.2 Å². The molecule has 1 aliphatic carbocycles. The second-order valence-corrected chi connectivity index (χ2v) is 8.28. The molecule has 2 unspecified atom stereocenters. The molecule has 180 valence electrons. The molecule has 2 aliphatic rings. The molecule has 1 aliphatic heterocycles. The summed E-state index contributed by atoms with van der Waals surface area (Å²) in [7, 11) is 5.02. The normalized spacial score (nSPS) is 20.6. The van der Waals surface area contributed by atoms with Crippen LogP contribution in [-0.2, 0) is 0 Å². The van der Waals surface area contributed by atoms with Crippen LogP contribution in [0, 0.1) is 11.6 Å². The fourth-order valence-electron chi connectivity index (χ4n) is 4.34. The van der Waals surface area contributed by atoms with Crippen molar-refractivity contribution >= 4 is 35.6 Å². The highest BCUT2D eigenvalue weighted by Gasteiger charge is 2.42.